The number of nitrogens with one attached hydrogen (secondary N) is 2. The SMILES string of the molecule is COc1ccc(C(=O)NC(CO)c2nnc(SCC(=O)Nc3ccc4ccccc4c3)n2C)cc1. The first-order valence-corrected chi connectivity index (χ1v) is 11.8. The Hall–Kier alpha value is -3.89. The van der Waals surface area contributed by atoms with E-state index in [0.717, 1.165) is 16.5 Å². The molecule has 0 aliphatic carbocycles. The van der Waals surface area contributed by atoms with Crippen LogP contribution < -0.4 is 15.4 Å². The lowest BCUT2D eigenvalue weighted by molar-refractivity contribution is -0.113. The highest BCUT2D eigenvalue weighted by Crippen LogP contribution is 2.22. The molecule has 180 valence electrons. The molecule has 4 rings (SSSR count). The normalized spacial score (nSPS) is 11.7. The molecule has 35 heavy (non-hydrogen) atoms. The summed E-state index contributed by atoms with van der Waals surface area (Å²) in [5.74, 6) is 0.604. The molecule has 1 atom stereocenters. The van der Waals surface area contributed by atoms with E-state index in [0.29, 0.717) is 22.3 Å². The number of aromatic nitrogens is 3. The van der Waals surface area contributed by atoms with Gasteiger partial charge in [-0.2, -0.15) is 0 Å². The summed E-state index contributed by atoms with van der Waals surface area (Å²) in [5, 5.41) is 26.4. The molecule has 0 spiro atoms. The van der Waals surface area contributed by atoms with Crippen molar-refractivity contribution in [2.24, 2.45) is 7.05 Å². The topological polar surface area (TPSA) is 118 Å². The molecule has 1 aromatic heterocycles. The number of aliphatic hydroxyl groups excluding tert-OH is 1. The lowest BCUT2D eigenvalue weighted by atomic mass is 10.1. The fraction of sp³-hybridized carbons (Fsp3) is 0.200. The van der Waals surface area contributed by atoms with Gasteiger partial charge in [0.25, 0.3) is 5.91 Å². The Kier molecular flexibility index (Phi) is 7.64. The van der Waals surface area contributed by atoms with E-state index in [9.17, 15) is 14.7 Å². The summed E-state index contributed by atoms with van der Waals surface area (Å²) in [6.45, 7) is -0.360. The molecule has 0 saturated heterocycles. The van der Waals surface area contributed by atoms with Crippen molar-refractivity contribution in [3.63, 3.8) is 0 Å². The molecule has 1 unspecified atom stereocenters. The van der Waals surface area contributed by atoms with Crippen LogP contribution in [0, 0.1) is 0 Å². The Balaban J connectivity index is 1.36. The van der Waals surface area contributed by atoms with Crippen molar-refractivity contribution in [1.29, 1.82) is 0 Å². The second kappa shape index (κ2) is 11.0. The van der Waals surface area contributed by atoms with Gasteiger partial charge in [0.2, 0.25) is 5.91 Å². The maximum Gasteiger partial charge on any atom is 0.251 e. The molecule has 0 fully saturated rings. The molecule has 0 bridgehead atoms. The van der Waals surface area contributed by atoms with Crippen molar-refractivity contribution in [3.05, 3.63) is 78.1 Å². The third-order valence-electron chi connectivity index (χ3n) is 5.39. The second-order valence-electron chi connectivity index (χ2n) is 7.74. The average molecular weight is 492 g/mol. The highest BCUT2D eigenvalue weighted by atomic mass is 32.2. The number of amides is 2. The number of hydrogen-bond acceptors (Lipinski definition) is 7. The van der Waals surface area contributed by atoms with E-state index in [4.69, 9.17) is 4.74 Å². The van der Waals surface area contributed by atoms with Gasteiger partial charge in [-0.15, -0.1) is 10.2 Å². The number of nitrogens with zero attached hydrogens (tertiary/aromatic N) is 3. The van der Waals surface area contributed by atoms with Gasteiger partial charge in [0.1, 0.15) is 11.8 Å². The largest absolute Gasteiger partial charge is 0.497 e. The van der Waals surface area contributed by atoms with Crippen LogP contribution in [0.5, 0.6) is 5.75 Å². The van der Waals surface area contributed by atoms with E-state index in [1.54, 1.807) is 43.0 Å². The third kappa shape index (κ3) is 5.79. The molecule has 2 amide bonds. The molecule has 10 heteroatoms. The van der Waals surface area contributed by atoms with Crippen LogP contribution in [0.4, 0.5) is 5.69 Å². The fourth-order valence-corrected chi connectivity index (χ4v) is 4.24. The van der Waals surface area contributed by atoms with E-state index in [2.05, 4.69) is 20.8 Å². The van der Waals surface area contributed by atoms with E-state index >= 15 is 0 Å². The minimum absolute atomic E-state index is 0.126. The molecular formula is C25H25N5O4S. The van der Waals surface area contributed by atoms with E-state index in [1.165, 1.54) is 11.8 Å². The fourth-order valence-electron chi connectivity index (χ4n) is 3.53. The molecule has 1 heterocycles. The molecule has 0 aliphatic heterocycles. The number of methoxy groups -OCH3 is 1. The van der Waals surface area contributed by atoms with Gasteiger partial charge in [-0.25, -0.2) is 0 Å². The minimum Gasteiger partial charge on any atom is -0.497 e. The van der Waals surface area contributed by atoms with Crippen molar-refractivity contribution in [2.75, 3.05) is 24.8 Å². The zero-order chi connectivity index (χ0) is 24.8. The number of carbonyl (C=O) groups excluding carboxylic acids is 2. The van der Waals surface area contributed by atoms with Crippen LogP contribution in [0.25, 0.3) is 10.8 Å². The number of ether oxygens (including phenoxy) is 1. The van der Waals surface area contributed by atoms with Crippen molar-refractivity contribution < 1.29 is 19.4 Å². The first kappa shape index (κ1) is 24.2. The van der Waals surface area contributed by atoms with Crippen LogP contribution in [0.15, 0.2) is 71.9 Å². The van der Waals surface area contributed by atoms with Gasteiger partial charge in [-0.3, -0.25) is 9.59 Å². The quantitative estimate of drug-likeness (QED) is 0.308. The van der Waals surface area contributed by atoms with E-state index in [-0.39, 0.29) is 24.2 Å². The molecule has 0 radical (unpaired) electrons. The Morgan fingerprint density at radius 3 is 2.51 bits per heavy atom. The molecule has 3 N–H and O–H groups in total. The number of rotatable bonds is 9. The van der Waals surface area contributed by atoms with Gasteiger partial charge in [0, 0.05) is 18.3 Å². The first-order chi connectivity index (χ1) is 17.0. The Morgan fingerprint density at radius 1 is 1.06 bits per heavy atom. The average Bonchev–Trinajstić information content (AvgIpc) is 3.25. The Morgan fingerprint density at radius 2 is 1.80 bits per heavy atom. The summed E-state index contributed by atoms with van der Waals surface area (Å²) in [6.07, 6.45) is 0. The van der Waals surface area contributed by atoms with Crippen LogP contribution in [-0.4, -0.2) is 51.2 Å². The summed E-state index contributed by atoms with van der Waals surface area (Å²) in [7, 11) is 3.27. The van der Waals surface area contributed by atoms with Gasteiger partial charge < -0.3 is 25.0 Å². The summed E-state index contributed by atoms with van der Waals surface area (Å²) < 4.78 is 6.76. The van der Waals surface area contributed by atoms with Crippen molar-refractivity contribution >= 4 is 40.0 Å². The smallest absolute Gasteiger partial charge is 0.251 e. The molecule has 3 aromatic carbocycles. The number of thioether (sulfide) groups is 1. The number of fused-ring (bicyclic) bond motifs is 1. The Labute approximate surface area is 206 Å². The van der Waals surface area contributed by atoms with Crippen LogP contribution in [0.2, 0.25) is 0 Å². The zero-order valence-corrected chi connectivity index (χ0v) is 20.1. The third-order valence-corrected chi connectivity index (χ3v) is 6.41. The van der Waals surface area contributed by atoms with E-state index < -0.39 is 6.04 Å². The lowest BCUT2D eigenvalue weighted by Gasteiger charge is -2.16. The summed E-state index contributed by atoms with van der Waals surface area (Å²) >= 11 is 1.22. The minimum atomic E-state index is -0.761. The second-order valence-corrected chi connectivity index (χ2v) is 8.68. The van der Waals surface area contributed by atoms with Crippen LogP contribution in [0.3, 0.4) is 0 Å². The lowest BCUT2D eigenvalue weighted by Crippen LogP contribution is -2.32. The van der Waals surface area contributed by atoms with Crippen LogP contribution >= 0.6 is 11.8 Å². The van der Waals surface area contributed by atoms with Gasteiger partial charge in [0.05, 0.1) is 19.5 Å². The summed E-state index contributed by atoms with van der Waals surface area (Å²) in [4.78, 5) is 25.1. The van der Waals surface area contributed by atoms with Gasteiger partial charge in [-0.1, -0.05) is 42.1 Å². The highest BCUT2D eigenvalue weighted by molar-refractivity contribution is 7.99. The first-order valence-electron chi connectivity index (χ1n) is 10.8. The highest BCUT2D eigenvalue weighted by Gasteiger charge is 2.22. The summed E-state index contributed by atoms with van der Waals surface area (Å²) in [5.41, 5.74) is 1.14. The standard InChI is InChI=1S/C25H25N5O4S/c1-30-23(21(14-31)27-24(33)17-8-11-20(34-2)12-9-17)28-29-25(30)35-15-22(32)26-19-10-7-16-5-3-4-6-18(16)13-19/h3-13,21,31H,14-15H2,1-2H3,(H,26,32)(H,27,33). The van der Waals surface area contributed by atoms with Crippen LogP contribution in [-0.2, 0) is 11.8 Å². The molecular weight excluding hydrogens is 466 g/mol. The van der Waals surface area contributed by atoms with Crippen LogP contribution in [0.1, 0.15) is 22.2 Å². The van der Waals surface area contributed by atoms with Crippen molar-refractivity contribution in [2.45, 2.75) is 11.2 Å². The van der Waals surface area contributed by atoms with Gasteiger partial charge >= 0.3 is 0 Å². The number of hydrogen-bond donors (Lipinski definition) is 3. The number of carbonyl (C=O) groups is 2. The molecule has 0 aliphatic rings. The number of anilines is 1. The molecule has 9 nitrogen and oxygen atoms in total. The zero-order valence-electron chi connectivity index (χ0n) is 19.3. The summed E-state index contributed by atoms with van der Waals surface area (Å²) in [6, 6.07) is 19.6. The number of benzene rings is 3. The Bertz CT molecular complexity index is 1340. The van der Waals surface area contributed by atoms with Crippen molar-refractivity contribution in [3.8, 4) is 5.75 Å². The molecule has 4 aromatic rings. The molecule has 0 saturated carbocycles. The number of aliphatic hydroxyl groups is 1. The maximum absolute atomic E-state index is 12.6. The monoisotopic (exact) mass is 491 g/mol. The van der Waals surface area contributed by atoms with Crippen molar-refractivity contribution in [1.82, 2.24) is 20.1 Å². The predicted octanol–water partition coefficient (Wildman–Crippen LogP) is 3.17. The van der Waals surface area contributed by atoms with E-state index in [1.807, 2.05) is 42.5 Å². The van der Waals surface area contributed by atoms with Gasteiger partial charge in [0.15, 0.2) is 11.0 Å². The predicted molar refractivity (Wildman–Crippen MR) is 135 cm³/mol. The van der Waals surface area contributed by atoms with Gasteiger partial charge in [-0.05, 0) is 47.2 Å². The maximum atomic E-state index is 12.6.